The zero-order valence-corrected chi connectivity index (χ0v) is 7.65. The van der Waals surface area contributed by atoms with E-state index in [1.54, 1.807) is 25.6 Å². The zero-order chi connectivity index (χ0) is 7.40. The maximum Gasteiger partial charge on any atom is 0.126 e. The summed E-state index contributed by atoms with van der Waals surface area (Å²) in [6.45, 7) is 0. The maximum absolute atomic E-state index is 5.59. The molecule has 0 saturated heterocycles. The van der Waals surface area contributed by atoms with Crippen LogP contribution in [-0.4, -0.2) is 12.1 Å². The first kappa shape index (κ1) is 10.5. The molecule has 0 amide bonds. The first-order valence-corrected chi connectivity index (χ1v) is 3.44. The molecule has 62 valence electrons. The molecular weight excluding hydrogens is 185 g/mol. The second-order valence-electron chi connectivity index (χ2n) is 1.82. The predicted octanol–water partition coefficient (Wildman–Crippen LogP) is 2.25. The molecule has 1 aromatic rings. The van der Waals surface area contributed by atoms with Crippen LogP contribution < -0.4 is 4.74 Å². The molecule has 0 fully saturated rings. The minimum atomic E-state index is 0. The van der Waals surface area contributed by atoms with E-state index in [0.717, 1.165) is 11.3 Å². The maximum atomic E-state index is 5.59. The lowest BCUT2D eigenvalue weighted by molar-refractivity contribution is 0.410. The van der Waals surface area contributed by atoms with Crippen LogP contribution in [0.15, 0.2) is 18.5 Å². The molecule has 11 heavy (non-hydrogen) atoms. The van der Waals surface area contributed by atoms with Gasteiger partial charge in [0.25, 0.3) is 0 Å². The summed E-state index contributed by atoms with van der Waals surface area (Å²) in [5.41, 5.74) is 0.923. The highest BCUT2D eigenvalue weighted by molar-refractivity contribution is 6.17. The molecule has 0 atom stereocenters. The van der Waals surface area contributed by atoms with Crippen molar-refractivity contribution in [2.24, 2.45) is 0 Å². The van der Waals surface area contributed by atoms with Crippen molar-refractivity contribution in [2.45, 2.75) is 5.88 Å². The predicted molar refractivity (Wildman–Crippen MR) is 47.6 cm³/mol. The number of aromatic nitrogens is 1. The van der Waals surface area contributed by atoms with Crippen molar-refractivity contribution in [3.8, 4) is 5.75 Å². The van der Waals surface area contributed by atoms with Gasteiger partial charge in [-0.15, -0.1) is 24.0 Å². The lowest BCUT2D eigenvalue weighted by Crippen LogP contribution is -1.89. The van der Waals surface area contributed by atoms with Gasteiger partial charge in [-0.2, -0.15) is 0 Å². The van der Waals surface area contributed by atoms with E-state index in [4.69, 9.17) is 16.3 Å². The molecular formula is C7H9Cl2NO. The van der Waals surface area contributed by atoms with Gasteiger partial charge in [0.05, 0.1) is 13.0 Å². The number of hydrogen-bond donors (Lipinski definition) is 0. The minimum absolute atomic E-state index is 0. The van der Waals surface area contributed by atoms with Crippen molar-refractivity contribution in [2.75, 3.05) is 7.11 Å². The minimum Gasteiger partial charge on any atom is -0.496 e. The molecule has 0 aliphatic rings. The van der Waals surface area contributed by atoms with E-state index in [2.05, 4.69) is 4.98 Å². The second-order valence-corrected chi connectivity index (χ2v) is 2.09. The van der Waals surface area contributed by atoms with Gasteiger partial charge in [-0.05, 0) is 6.07 Å². The van der Waals surface area contributed by atoms with Crippen molar-refractivity contribution in [3.05, 3.63) is 24.0 Å². The van der Waals surface area contributed by atoms with Gasteiger partial charge in [0, 0.05) is 18.0 Å². The van der Waals surface area contributed by atoms with Crippen LogP contribution in [0.3, 0.4) is 0 Å². The van der Waals surface area contributed by atoms with Gasteiger partial charge < -0.3 is 4.74 Å². The lowest BCUT2D eigenvalue weighted by Gasteiger charge is -2.02. The third kappa shape index (κ3) is 2.56. The third-order valence-corrected chi connectivity index (χ3v) is 1.51. The van der Waals surface area contributed by atoms with Gasteiger partial charge in [-0.3, -0.25) is 4.98 Å². The fourth-order valence-corrected chi connectivity index (χ4v) is 0.915. The van der Waals surface area contributed by atoms with Crippen LogP contribution in [0.5, 0.6) is 5.75 Å². The molecule has 0 aliphatic heterocycles. The second kappa shape index (κ2) is 5.22. The molecule has 1 rings (SSSR count). The van der Waals surface area contributed by atoms with E-state index < -0.39 is 0 Å². The molecule has 0 N–H and O–H groups in total. The van der Waals surface area contributed by atoms with Gasteiger partial charge in [0.15, 0.2) is 0 Å². The molecule has 0 unspecified atom stereocenters. The summed E-state index contributed by atoms with van der Waals surface area (Å²) in [6, 6.07) is 1.79. The summed E-state index contributed by atoms with van der Waals surface area (Å²) in [5, 5.41) is 0. The van der Waals surface area contributed by atoms with Crippen LogP contribution in [0, 0.1) is 0 Å². The summed E-state index contributed by atoms with van der Waals surface area (Å²) in [6.07, 6.45) is 3.38. The highest BCUT2D eigenvalue weighted by atomic mass is 35.5. The first-order chi connectivity index (χ1) is 4.88. The van der Waals surface area contributed by atoms with E-state index in [-0.39, 0.29) is 12.4 Å². The third-order valence-electron chi connectivity index (χ3n) is 1.22. The Morgan fingerprint density at radius 2 is 2.36 bits per heavy atom. The fourth-order valence-electron chi connectivity index (χ4n) is 0.714. The monoisotopic (exact) mass is 193 g/mol. The normalized spacial score (nSPS) is 8.55. The highest BCUT2D eigenvalue weighted by Crippen LogP contribution is 2.16. The zero-order valence-electron chi connectivity index (χ0n) is 6.08. The summed E-state index contributed by atoms with van der Waals surface area (Å²) in [7, 11) is 1.62. The Labute approximate surface area is 77.0 Å². The largest absolute Gasteiger partial charge is 0.496 e. The van der Waals surface area contributed by atoms with E-state index in [1.165, 1.54) is 0 Å². The van der Waals surface area contributed by atoms with Crippen molar-refractivity contribution in [3.63, 3.8) is 0 Å². The SMILES string of the molecule is COc1ccncc1CCl.Cl. The van der Waals surface area contributed by atoms with Crippen LogP contribution in [0.4, 0.5) is 0 Å². The molecule has 0 aliphatic carbocycles. The van der Waals surface area contributed by atoms with Crippen LogP contribution in [0.1, 0.15) is 5.56 Å². The molecule has 4 heteroatoms. The van der Waals surface area contributed by atoms with Crippen molar-refractivity contribution >= 4 is 24.0 Å². The summed E-state index contributed by atoms with van der Waals surface area (Å²) in [4.78, 5) is 3.90. The van der Waals surface area contributed by atoms with E-state index in [9.17, 15) is 0 Å². The molecule has 1 heterocycles. The summed E-state index contributed by atoms with van der Waals surface area (Å²) >= 11 is 5.59. The van der Waals surface area contributed by atoms with Crippen molar-refractivity contribution < 1.29 is 4.74 Å². The van der Waals surface area contributed by atoms with Gasteiger partial charge in [0.2, 0.25) is 0 Å². The summed E-state index contributed by atoms with van der Waals surface area (Å²) in [5.74, 6) is 1.24. The quantitative estimate of drug-likeness (QED) is 0.673. The van der Waals surface area contributed by atoms with E-state index >= 15 is 0 Å². The Morgan fingerprint density at radius 3 is 2.82 bits per heavy atom. The number of alkyl halides is 1. The van der Waals surface area contributed by atoms with Gasteiger partial charge >= 0.3 is 0 Å². The number of pyridine rings is 1. The van der Waals surface area contributed by atoms with E-state index in [0.29, 0.717) is 5.88 Å². The van der Waals surface area contributed by atoms with Gasteiger partial charge in [-0.25, -0.2) is 0 Å². The number of methoxy groups -OCH3 is 1. The molecule has 0 bridgehead atoms. The summed E-state index contributed by atoms with van der Waals surface area (Å²) < 4.78 is 5.01. The Morgan fingerprint density at radius 1 is 1.64 bits per heavy atom. The molecule has 0 radical (unpaired) electrons. The molecule has 2 nitrogen and oxygen atoms in total. The van der Waals surface area contributed by atoms with Crippen LogP contribution in [0.2, 0.25) is 0 Å². The standard InChI is InChI=1S/C7H8ClNO.ClH/c1-10-7-2-3-9-5-6(7)4-8;/h2-3,5H,4H2,1H3;1H. The van der Waals surface area contributed by atoms with Crippen LogP contribution in [0.25, 0.3) is 0 Å². The Bertz CT molecular complexity index is 194. The smallest absolute Gasteiger partial charge is 0.126 e. The Kier molecular flexibility index (Phi) is 4.99. The van der Waals surface area contributed by atoms with Crippen LogP contribution >= 0.6 is 24.0 Å². The van der Waals surface area contributed by atoms with Gasteiger partial charge in [-0.1, -0.05) is 0 Å². The highest BCUT2D eigenvalue weighted by Gasteiger charge is 1.97. The van der Waals surface area contributed by atoms with Crippen LogP contribution in [-0.2, 0) is 5.88 Å². The topological polar surface area (TPSA) is 22.1 Å². The lowest BCUT2D eigenvalue weighted by atomic mass is 10.3. The number of halogens is 2. The first-order valence-electron chi connectivity index (χ1n) is 2.91. The van der Waals surface area contributed by atoms with Gasteiger partial charge in [0.1, 0.15) is 5.75 Å². The molecule has 0 saturated carbocycles. The molecule has 0 spiro atoms. The average molecular weight is 194 g/mol. The number of nitrogens with zero attached hydrogens (tertiary/aromatic N) is 1. The Hall–Kier alpha value is -0.470. The molecule has 0 aromatic carbocycles. The molecule has 1 aromatic heterocycles. The number of hydrogen-bond acceptors (Lipinski definition) is 2. The Balaban J connectivity index is 0.000001000. The number of ether oxygens (including phenoxy) is 1. The average Bonchev–Trinajstić information content (AvgIpc) is 2.04. The fraction of sp³-hybridized carbons (Fsp3) is 0.286. The van der Waals surface area contributed by atoms with Crippen molar-refractivity contribution in [1.29, 1.82) is 0 Å². The van der Waals surface area contributed by atoms with Crippen molar-refractivity contribution in [1.82, 2.24) is 4.98 Å². The number of rotatable bonds is 2. The van der Waals surface area contributed by atoms with E-state index in [1.807, 2.05) is 0 Å².